The van der Waals surface area contributed by atoms with Gasteiger partial charge in [-0.3, -0.25) is 9.69 Å². The van der Waals surface area contributed by atoms with Gasteiger partial charge in [-0.05, 0) is 65.2 Å². The number of esters is 1. The normalized spacial score (nSPS) is 13.4. The van der Waals surface area contributed by atoms with Gasteiger partial charge >= 0.3 is 5.97 Å². The predicted molar refractivity (Wildman–Crippen MR) is 150 cm³/mol. The smallest absolute Gasteiger partial charge is 0.349 e. The van der Waals surface area contributed by atoms with Gasteiger partial charge in [0.2, 0.25) is 0 Å². The molecule has 5 rings (SSSR count). The Morgan fingerprint density at radius 3 is 2.37 bits per heavy atom. The summed E-state index contributed by atoms with van der Waals surface area (Å²) in [6, 6.07) is 23.5. The molecule has 1 amide bonds. The Balaban J connectivity index is 1.15. The van der Waals surface area contributed by atoms with E-state index in [2.05, 4.69) is 10.2 Å². The monoisotopic (exact) mass is 558 g/mol. The number of anilines is 1. The van der Waals surface area contributed by atoms with E-state index in [1.54, 1.807) is 42.5 Å². The van der Waals surface area contributed by atoms with Gasteiger partial charge in [0, 0.05) is 31.4 Å². The molecule has 41 heavy (non-hydrogen) atoms. The average Bonchev–Trinajstić information content (AvgIpc) is 2.98. The van der Waals surface area contributed by atoms with Gasteiger partial charge in [0.05, 0.1) is 18.8 Å². The summed E-state index contributed by atoms with van der Waals surface area (Å²) >= 11 is 0. The largest absolute Gasteiger partial charge is 0.482 e. The first kappa shape index (κ1) is 27.9. The molecule has 210 valence electrons. The lowest BCUT2D eigenvalue weighted by molar-refractivity contribution is -0.136. The van der Waals surface area contributed by atoms with Crippen molar-refractivity contribution in [2.45, 2.75) is 6.54 Å². The molecule has 4 aromatic carbocycles. The molecule has 0 bridgehead atoms. The molecular formula is C32H28F2N2O5. The van der Waals surface area contributed by atoms with Crippen molar-refractivity contribution in [3.63, 3.8) is 0 Å². The number of benzene rings is 4. The Hall–Kier alpha value is -4.60. The molecule has 0 unspecified atom stereocenters. The van der Waals surface area contributed by atoms with Crippen molar-refractivity contribution in [1.29, 1.82) is 0 Å². The first-order valence-corrected chi connectivity index (χ1v) is 13.1. The van der Waals surface area contributed by atoms with Crippen LogP contribution in [0.25, 0.3) is 11.1 Å². The second-order valence-corrected chi connectivity index (χ2v) is 9.48. The lowest BCUT2D eigenvalue weighted by Gasteiger charge is -2.26. The lowest BCUT2D eigenvalue weighted by atomic mass is 10.0. The quantitative estimate of drug-likeness (QED) is 0.210. The number of morpholine rings is 1. The van der Waals surface area contributed by atoms with Crippen molar-refractivity contribution >= 4 is 17.6 Å². The number of nitrogens with zero attached hydrogens (tertiary/aromatic N) is 1. The van der Waals surface area contributed by atoms with E-state index in [1.807, 2.05) is 12.1 Å². The summed E-state index contributed by atoms with van der Waals surface area (Å²) in [5, 5.41) is 2.63. The van der Waals surface area contributed by atoms with Gasteiger partial charge in [-0.25, -0.2) is 13.6 Å². The zero-order chi connectivity index (χ0) is 28.6. The number of nitrogens with one attached hydrogen (secondary N) is 1. The zero-order valence-electron chi connectivity index (χ0n) is 22.1. The molecule has 0 radical (unpaired) electrons. The van der Waals surface area contributed by atoms with Crippen LogP contribution in [0.5, 0.6) is 11.5 Å². The third kappa shape index (κ3) is 7.75. The third-order valence-corrected chi connectivity index (χ3v) is 6.48. The Labute approximate surface area is 236 Å². The molecule has 4 aromatic rings. The van der Waals surface area contributed by atoms with Crippen molar-refractivity contribution in [2.24, 2.45) is 0 Å². The second kappa shape index (κ2) is 13.2. The molecule has 0 saturated carbocycles. The maximum Gasteiger partial charge on any atom is 0.349 e. The summed E-state index contributed by atoms with van der Waals surface area (Å²) in [7, 11) is 0. The van der Waals surface area contributed by atoms with E-state index < -0.39 is 23.5 Å². The van der Waals surface area contributed by atoms with Crippen LogP contribution in [-0.4, -0.2) is 49.7 Å². The molecule has 0 spiro atoms. The summed E-state index contributed by atoms with van der Waals surface area (Å²) < 4.78 is 44.4. The minimum Gasteiger partial charge on any atom is -0.482 e. The van der Waals surface area contributed by atoms with Crippen LogP contribution in [0, 0.1) is 11.6 Å². The number of halogens is 2. The van der Waals surface area contributed by atoms with Gasteiger partial charge in [-0.2, -0.15) is 0 Å². The molecule has 1 aliphatic rings. The Morgan fingerprint density at radius 1 is 0.829 bits per heavy atom. The molecule has 0 aromatic heterocycles. The number of carbonyl (C=O) groups excluding carboxylic acids is 2. The first-order valence-electron chi connectivity index (χ1n) is 13.1. The Bertz CT molecular complexity index is 1520. The molecule has 0 aliphatic carbocycles. The van der Waals surface area contributed by atoms with Crippen molar-refractivity contribution in [3.05, 3.63) is 114 Å². The van der Waals surface area contributed by atoms with Crippen molar-refractivity contribution < 1.29 is 32.6 Å². The van der Waals surface area contributed by atoms with Gasteiger partial charge in [0.25, 0.3) is 5.91 Å². The fraction of sp³-hybridized carbons (Fsp3) is 0.188. The van der Waals surface area contributed by atoms with Gasteiger partial charge in [0.1, 0.15) is 23.1 Å². The van der Waals surface area contributed by atoms with E-state index in [9.17, 15) is 18.4 Å². The molecule has 7 nitrogen and oxygen atoms in total. The van der Waals surface area contributed by atoms with Crippen LogP contribution in [0.3, 0.4) is 0 Å². The number of ether oxygens (including phenoxy) is 3. The van der Waals surface area contributed by atoms with Crippen LogP contribution < -0.4 is 14.8 Å². The second-order valence-electron chi connectivity index (χ2n) is 9.48. The number of hydrogen-bond acceptors (Lipinski definition) is 6. The van der Waals surface area contributed by atoms with E-state index in [0.29, 0.717) is 28.3 Å². The molecular weight excluding hydrogens is 530 g/mol. The number of rotatable bonds is 9. The van der Waals surface area contributed by atoms with Crippen molar-refractivity contribution in [3.8, 4) is 22.6 Å². The summed E-state index contributed by atoms with van der Waals surface area (Å²) in [6.07, 6.45) is 0. The van der Waals surface area contributed by atoms with Crippen molar-refractivity contribution in [2.75, 3.05) is 38.2 Å². The van der Waals surface area contributed by atoms with E-state index in [0.717, 1.165) is 44.5 Å². The van der Waals surface area contributed by atoms with E-state index in [4.69, 9.17) is 14.2 Å². The van der Waals surface area contributed by atoms with Crippen LogP contribution >= 0.6 is 0 Å². The Kier molecular flexibility index (Phi) is 8.98. The van der Waals surface area contributed by atoms with Gasteiger partial charge in [0.15, 0.2) is 6.61 Å². The van der Waals surface area contributed by atoms with E-state index in [-0.39, 0.29) is 12.2 Å². The standard InChI is InChI=1S/C32H28F2N2O5/c33-25-4-1-3-23(17-25)24-9-12-30(34)29(18-24)32(38)35-26-5-2-6-28(19-26)40-21-31(37)41-27-10-7-22(8-11-27)20-36-13-15-39-16-14-36/h1-12,17-19H,13-16,20-21H2,(H,35,38). The minimum atomic E-state index is -0.716. The molecule has 1 heterocycles. The fourth-order valence-corrected chi connectivity index (χ4v) is 4.39. The molecule has 1 N–H and O–H groups in total. The van der Waals surface area contributed by atoms with Crippen LogP contribution in [0.15, 0.2) is 91.0 Å². The zero-order valence-corrected chi connectivity index (χ0v) is 22.1. The molecule has 1 aliphatic heterocycles. The van der Waals surface area contributed by atoms with Gasteiger partial charge in [-0.15, -0.1) is 0 Å². The van der Waals surface area contributed by atoms with Gasteiger partial charge in [-0.1, -0.05) is 36.4 Å². The SMILES string of the molecule is O=C(COc1cccc(NC(=O)c2cc(-c3cccc(F)c3)ccc2F)c1)Oc1ccc(CN2CCOCC2)cc1. The highest BCUT2D eigenvalue weighted by molar-refractivity contribution is 6.05. The van der Waals surface area contributed by atoms with Gasteiger partial charge < -0.3 is 19.5 Å². The predicted octanol–water partition coefficient (Wildman–Crippen LogP) is 5.70. The minimum absolute atomic E-state index is 0.197. The summed E-state index contributed by atoms with van der Waals surface area (Å²) in [4.78, 5) is 27.5. The number of amides is 1. The molecule has 1 fully saturated rings. The summed E-state index contributed by atoms with van der Waals surface area (Å²) in [6.45, 7) is 3.69. The third-order valence-electron chi connectivity index (χ3n) is 6.48. The number of carbonyl (C=O) groups is 2. The van der Waals surface area contributed by atoms with E-state index in [1.165, 1.54) is 30.3 Å². The number of hydrogen-bond donors (Lipinski definition) is 1. The maximum atomic E-state index is 14.5. The van der Waals surface area contributed by atoms with Crippen LogP contribution in [0.4, 0.5) is 14.5 Å². The lowest BCUT2D eigenvalue weighted by Crippen LogP contribution is -2.35. The highest BCUT2D eigenvalue weighted by Gasteiger charge is 2.15. The van der Waals surface area contributed by atoms with Crippen LogP contribution in [0.2, 0.25) is 0 Å². The molecule has 1 saturated heterocycles. The first-order chi connectivity index (χ1) is 19.9. The topological polar surface area (TPSA) is 77.1 Å². The highest BCUT2D eigenvalue weighted by atomic mass is 19.1. The van der Waals surface area contributed by atoms with Crippen LogP contribution in [-0.2, 0) is 16.1 Å². The molecule has 9 heteroatoms. The Morgan fingerprint density at radius 2 is 1.59 bits per heavy atom. The summed E-state index contributed by atoms with van der Waals surface area (Å²) in [5.41, 5.74) is 2.27. The fourth-order valence-electron chi connectivity index (χ4n) is 4.39. The highest BCUT2D eigenvalue weighted by Crippen LogP contribution is 2.25. The summed E-state index contributed by atoms with van der Waals surface area (Å²) in [5.74, 6) is -1.70. The molecule has 0 atom stereocenters. The average molecular weight is 559 g/mol. The van der Waals surface area contributed by atoms with Crippen LogP contribution in [0.1, 0.15) is 15.9 Å². The van der Waals surface area contributed by atoms with Crippen molar-refractivity contribution in [1.82, 2.24) is 4.90 Å². The van der Waals surface area contributed by atoms with E-state index >= 15 is 0 Å². The maximum absolute atomic E-state index is 14.5.